The number of pyridine rings is 1. The highest BCUT2D eigenvalue weighted by atomic mass is 32.1. The smallest absolute Gasteiger partial charge is 0.339 e. The third kappa shape index (κ3) is 4.26. The van der Waals surface area contributed by atoms with Crippen molar-refractivity contribution in [3.05, 3.63) is 63.8 Å². The molecule has 0 aliphatic rings. The summed E-state index contributed by atoms with van der Waals surface area (Å²) in [5, 5.41) is 5.18. The molecule has 1 aromatic carbocycles. The van der Waals surface area contributed by atoms with Crippen LogP contribution in [0, 0.1) is 20.8 Å². The minimum absolute atomic E-state index is 0.216. The summed E-state index contributed by atoms with van der Waals surface area (Å²) in [6.45, 7) is 7.78. The molecule has 28 heavy (non-hydrogen) atoms. The molecule has 0 fully saturated rings. The Balaban J connectivity index is 1.76. The predicted molar refractivity (Wildman–Crippen MR) is 110 cm³/mol. The lowest BCUT2D eigenvalue weighted by molar-refractivity contribution is 0.0524. The number of ether oxygens (including phenoxy) is 1. The number of nitrogens with zero attached hydrogens (tertiary/aromatic N) is 2. The molecule has 0 unspecified atom stereocenters. The highest BCUT2D eigenvalue weighted by Gasteiger charge is 2.16. The first-order valence-electron chi connectivity index (χ1n) is 8.88. The van der Waals surface area contributed by atoms with E-state index >= 15 is 0 Å². The molecule has 144 valence electrons. The standard InChI is InChI=1S/C21H21N3O3S/c1-5-27-20(26)16-8-9-17(22-14(16)4)19(25)24-21-23-18(11-28-21)15-7-6-12(2)10-13(15)3/h6-11H,5H2,1-4H3,(H,23,24,25). The molecule has 7 heteroatoms. The van der Waals surface area contributed by atoms with Gasteiger partial charge in [-0.3, -0.25) is 10.1 Å². The zero-order valence-electron chi connectivity index (χ0n) is 16.2. The van der Waals surface area contributed by atoms with Gasteiger partial charge in [-0.25, -0.2) is 14.8 Å². The quantitative estimate of drug-likeness (QED) is 0.641. The van der Waals surface area contributed by atoms with Crippen LogP contribution in [-0.2, 0) is 4.74 Å². The minimum Gasteiger partial charge on any atom is -0.462 e. The van der Waals surface area contributed by atoms with Crippen molar-refractivity contribution in [3.8, 4) is 11.3 Å². The van der Waals surface area contributed by atoms with Gasteiger partial charge >= 0.3 is 5.97 Å². The van der Waals surface area contributed by atoms with Crippen LogP contribution < -0.4 is 5.32 Å². The molecule has 0 aliphatic carbocycles. The van der Waals surface area contributed by atoms with Crippen LogP contribution in [-0.4, -0.2) is 28.5 Å². The molecule has 3 rings (SSSR count). The van der Waals surface area contributed by atoms with Crippen molar-refractivity contribution in [2.24, 2.45) is 0 Å². The van der Waals surface area contributed by atoms with Crippen LogP contribution in [0.25, 0.3) is 11.3 Å². The predicted octanol–water partition coefficient (Wildman–Crippen LogP) is 4.56. The second-order valence-corrected chi connectivity index (χ2v) is 7.22. The number of nitrogens with one attached hydrogen (secondary N) is 1. The number of esters is 1. The average Bonchev–Trinajstić information content (AvgIpc) is 3.09. The number of benzene rings is 1. The Labute approximate surface area is 167 Å². The van der Waals surface area contributed by atoms with E-state index in [0.29, 0.717) is 16.4 Å². The maximum atomic E-state index is 12.5. The first-order valence-corrected chi connectivity index (χ1v) is 9.76. The van der Waals surface area contributed by atoms with Crippen molar-refractivity contribution >= 4 is 28.3 Å². The number of anilines is 1. The molecule has 3 aromatic rings. The third-order valence-electron chi connectivity index (χ3n) is 4.20. The Kier molecular flexibility index (Phi) is 5.84. The summed E-state index contributed by atoms with van der Waals surface area (Å²) >= 11 is 1.35. The van der Waals surface area contributed by atoms with Crippen LogP contribution in [0.2, 0.25) is 0 Å². The maximum Gasteiger partial charge on any atom is 0.339 e. The molecule has 0 saturated heterocycles. The molecular weight excluding hydrogens is 374 g/mol. The van der Waals surface area contributed by atoms with Gasteiger partial charge in [-0.1, -0.05) is 23.8 Å². The Morgan fingerprint density at radius 3 is 2.57 bits per heavy atom. The molecule has 1 amide bonds. The fraction of sp³-hybridized carbons (Fsp3) is 0.238. The highest BCUT2D eigenvalue weighted by Crippen LogP contribution is 2.28. The summed E-state index contributed by atoms with van der Waals surface area (Å²) in [6, 6.07) is 9.23. The molecule has 2 heterocycles. The monoisotopic (exact) mass is 395 g/mol. The van der Waals surface area contributed by atoms with Gasteiger partial charge in [0, 0.05) is 10.9 Å². The lowest BCUT2D eigenvalue weighted by Gasteiger charge is -2.07. The molecule has 0 bridgehead atoms. The molecule has 0 saturated carbocycles. The number of hydrogen-bond donors (Lipinski definition) is 1. The Morgan fingerprint density at radius 1 is 1.11 bits per heavy atom. The van der Waals surface area contributed by atoms with Gasteiger partial charge in [-0.15, -0.1) is 11.3 Å². The van der Waals surface area contributed by atoms with E-state index in [1.807, 2.05) is 31.4 Å². The van der Waals surface area contributed by atoms with E-state index in [-0.39, 0.29) is 18.2 Å². The topological polar surface area (TPSA) is 81.2 Å². The fourth-order valence-electron chi connectivity index (χ4n) is 2.83. The highest BCUT2D eigenvalue weighted by molar-refractivity contribution is 7.14. The van der Waals surface area contributed by atoms with E-state index in [9.17, 15) is 9.59 Å². The van der Waals surface area contributed by atoms with Crippen LogP contribution in [0.3, 0.4) is 0 Å². The van der Waals surface area contributed by atoms with Crippen molar-refractivity contribution in [3.63, 3.8) is 0 Å². The van der Waals surface area contributed by atoms with Crippen molar-refractivity contribution < 1.29 is 14.3 Å². The SMILES string of the molecule is CCOC(=O)c1ccc(C(=O)Nc2nc(-c3ccc(C)cc3C)cs2)nc1C. The van der Waals surface area contributed by atoms with Crippen molar-refractivity contribution in [2.45, 2.75) is 27.7 Å². The van der Waals surface area contributed by atoms with Crippen molar-refractivity contribution in [2.75, 3.05) is 11.9 Å². The van der Waals surface area contributed by atoms with Gasteiger partial charge in [0.15, 0.2) is 5.13 Å². The Hall–Kier alpha value is -3.06. The Bertz CT molecular complexity index is 1040. The van der Waals surface area contributed by atoms with Gasteiger partial charge in [0.2, 0.25) is 0 Å². The third-order valence-corrected chi connectivity index (χ3v) is 4.95. The molecule has 0 aliphatic heterocycles. The molecule has 1 N–H and O–H groups in total. The van der Waals surface area contributed by atoms with E-state index in [1.54, 1.807) is 19.9 Å². The number of thiazole rings is 1. The second-order valence-electron chi connectivity index (χ2n) is 6.36. The van der Waals surface area contributed by atoms with Crippen molar-refractivity contribution in [1.82, 2.24) is 9.97 Å². The summed E-state index contributed by atoms with van der Waals surface area (Å²) in [7, 11) is 0. The number of aromatic nitrogens is 2. The zero-order valence-corrected chi connectivity index (χ0v) is 17.0. The van der Waals surface area contributed by atoms with Gasteiger partial charge in [-0.05, 0) is 45.4 Å². The minimum atomic E-state index is -0.447. The molecular formula is C21H21N3O3S. The number of aryl methyl sites for hydroxylation is 3. The molecule has 0 radical (unpaired) electrons. The Morgan fingerprint density at radius 2 is 1.89 bits per heavy atom. The average molecular weight is 395 g/mol. The summed E-state index contributed by atoms with van der Waals surface area (Å²) in [6.07, 6.45) is 0. The molecule has 2 aromatic heterocycles. The number of carbonyl (C=O) groups excluding carboxylic acids is 2. The van der Waals surface area contributed by atoms with Crippen LogP contribution in [0.15, 0.2) is 35.7 Å². The van der Waals surface area contributed by atoms with E-state index < -0.39 is 5.97 Å². The van der Waals surface area contributed by atoms with Crippen LogP contribution in [0.5, 0.6) is 0 Å². The van der Waals surface area contributed by atoms with Crippen LogP contribution >= 0.6 is 11.3 Å². The van der Waals surface area contributed by atoms with Gasteiger partial charge in [-0.2, -0.15) is 0 Å². The first kappa shape index (κ1) is 19.7. The zero-order chi connectivity index (χ0) is 20.3. The van der Waals surface area contributed by atoms with Gasteiger partial charge in [0.25, 0.3) is 5.91 Å². The lowest BCUT2D eigenvalue weighted by Crippen LogP contribution is -2.16. The molecule has 0 atom stereocenters. The normalized spacial score (nSPS) is 10.6. The first-order chi connectivity index (χ1) is 13.4. The van der Waals surface area contributed by atoms with Gasteiger partial charge in [0.05, 0.1) is 23.6 Å². The van der Waals surface area contributed by atoms with Crippen LogP contribution in [0.1, 0.15) is 44.6 Å². The number of carbonyl (C=O) groups is 2. The van der Waals surface area contributed by atoms with Crippen LogP contribution in [0.4, 0.5) is 5.13 Å². The second kappa shape index (κ2) is 8.31. The molecule has 0 spiro atoms. The number of rotatable bonds is 5. The number of hydrogen-bond acceptors (Lipinski definition) is 6. The van der Waals surface area contributed by atoms with Crippen molar-refractivity contribution in [1.29, 1.82) is 0 Å². The van der Waals surface area contributed by atoms with Gasteiger partial charge < -0.3 is 4.74 Å². The maximum absolute atomic E-state index is 12.5. The fourth-order valence-corrected chi connectivity index (χ4v) is 3.53. The summed E-state index contributed by atoms with van der Waals surface area (Å²) in [5.74, 6) is -0.822. The summed E-state index contributed by atoms with van der Waals surface area (Å²) in [4.78, 5) is 33.1. The van der Waals surface area contributed by atoms with E-state index in [0.717, 1.165) is 16.8 Å². The summed E-state index contributed by atoms with van der Waals surface area (Å²) < 4.78 is 4.98. The van der Waals surface area contributed by atoms with E-state index in [1.165, 1.54) is 23.0 Å². The largest absolute Gasteiger partial charge is 0.462 e. The lowest BCUT2D eigenvalue weighted by atomic mass is 10.0. The van der Waals surface area contributed by atoms with Gasteiger partial charge in [0.1, 0.15) is 5.69 Å². The number of amides is 1. The molecule has 6 nitrogen and oxygen atoms in total. The summed E-state index contributed by atoms with van der Waals surface area (Å²) in [5.41, 5.74) is 5.20. The van der Waals surface area contributed by atoms with E-state index in [4.69, 9.17) is 4.74 Å². The van der Waals surface area contributed by atoms with E-state index in [2.05, 4.69) is 21.4 Å².